The Kier molecular flexibility index (Phi) is 6.38. The molecule has 9 nitrogen and oxygen atoms in total. The number of phenols is 1. The molecule has 5 rings (SSSR count). The van der Waals surface area contributed by atoms with Gasteiger partial charge in [0.2, 0.25) is 0 Å². The normalized spacial score (nSPS) is 29.4. The largest absolute Gasteiger partial charge is 0.507 e. The smallest absolute Gasteiger partial charge is 0.341 e. The molecule has 0 aliphatic carbocycles. The average Bonchev–Trinajstić information content (AvgIpc) is 3.52. The van der Waals surface area contributed by atoms with Gasteiger partial charge in [-0.2, -0.15) is 0 Å². The Bertz CT molecular complexity index is 1260. The van der Waals surface area contributed by atoms with Gasteiger partial charge in [0.25, 0.3) is 0 Å². The number of Topliss-reactive ketones (excluding diaryl/α,β-unsaturated/α-hetero) is 1. The molecule has 36 heavy (non-hydrogen) atoms. The number of carboxylic acid groups (broad SMARTS) is 1. The van der Waals surface area contributed by atoms with E-state index in [1.807, 2.05) is 13.0 Å². The lowest BCUT2D eigenvalue weighted by molar-refractivity contribution is -0.334. The number of nitrogens with zero attached hydrogens (tertiary/aromatic N) is 1. The monoisotopic (exact) mass is 496 g/mol. The van der Waals surface area contributed by atoms with E-state index in [9.17, 15) is 19.8 Å². The van der Waals surface area contributed by atoms with Crippen molar-refractivity contribution in [1.82, 2.24) is 9.97 Å². The maximum Gasteiger partial charge on any atom is 0.341 e. The predicted molar refractivity (Wildman–Crippen MR) is 130 cm³/mol. The van der Waals surface area contributed by atoms with Crippen molar-refractivity contribution >= 4 is 22.9 Å². The van der Waals surface area contributed by atoms with Crippen LogP contribution in [0.3, 0.4) is 0 Å². The molecule has 0 radical (unpaired) electrons. The Labute approximate surface area is 208 Å². The van der Waals surface area contributed by atoms with E-state index in [0.717, 1.165) is 25.7 Å². The molecule has 2 aliphatic rings. The van der Waals surface area contributed by atoms with Gasteiger partial charge in [-0.05, 0) is 48.9 Å². The van der Waals surface area contributed by atoms with Crippen molar-refractivity contribution in [3.63, 3.8) is 0 Å². The van der Waals surface area contributed by atoms with Gasteiger partial charge >= 0.3 is 5.97 Å². The van der Waals surface area contributed by atoms with Crippen molar-refractivity contribution in [2.45, 2.75) is 70.9 Å². The van der Waals surface area contributed by atoms with Crippen molar-refractivity contribution in [2.24, 2.45) is 17.8 Å². The van der Waals surface area contributed by atoms with Gasteiger partial charge < -0.3 is 29.1 Å². The number of nitrogens with one attached hydrogen (secondary N) is 1. The topological polar surface area (TPSA) is 135 Å². The number of benzene rings is 1. The highest BCUT2D eigenvalue weighted by Crippen LogP contribution is 2.45. The van der Waals surface area contributed by atoms with Crippen molar-refractivity contribution in [2.75, 3.05) is 0 Å². The summed E-state index contributed by atoms with van der Waals surface area (Å²) in [5.41, 5.74) is 0.731. The average molecular weight is 497 g/mol. The van der Waals surface area contributed by atoms with Crippen LogP contribution in [0.25, 0.3) is 11.1 Å². The van der Waals surface area contributed by atoms with Gasteiger partial charge in [0.05, 0.1) is 24.3 Å². The molecule has 0 saturated carbocycles. The zero-order valence-corrected chi connectivity index (χ0v) is 20.7. The highest BCUT2D eigenvalue weighted by atomic mass is 16.7. The molecule has 2 saturated heterocycles. The molecule has 192 valence electrons. The van der Waals surface area contributed by atoms with Crippen LogP contribution in [0.1, 0.15) is 73.2 Å². The summed E-state index contributed by atoms with van der Waals surface area (Å²) in [4.78, 5) is 32.0. The fourth-order valence-corrected chi connectivity index (χ4v) is 5.61. The summed E-state index contributed by atoms with van der Waals surface area (Å²) in [6, 6.07) is 6.41. The molecule has 3 aromatic rings. The van der Waals surface area contributed by atoms with Gasteiger partial charge in [0.15, 0.2) is 23.0 Å². The molecule has 2 aliphatic heterocycles. The van der Waals surface area contributed by atoms with Gasteiger partial charge in [-0.25, -0.2) is 9.78 Å². The Morgan fingerprint density at radius 1 is 1.17 bits per heavy atom. The lowest BCUT2D eigenvalue weighted by Gasteiger charge is -2.50. The van der Waals surface area contributed by atoms with Crippen molar-refractivity contribution in [1.29, 1.82) is 0 Å². The number of hydrogen-bond acceptors (Lipinski definition) is 7. The number of carbonyl (C=O) groups is 2. The Morgan fingerprint density at radius 2 is 1.92 bits per heavy atom. The number of aromatic amines is 1. The van der Waals surface area contributed by atoms with E-state index in [1.54, 1.807) is 12.3 Å². The number of rotatable bonds is 6. The number of carbonyl (C=O) groups excluding carboxylic acids is 1. The van der Waals surface area contributed by atoms with E-state index in [-0.39, 0.29) is 52.6 Å². The van der Waals surface area contributed by atoms with Crippen molar-refractivity contribution in [3.8, 4) is 5.75 Å². The van der Waals surface area contributed by atoms with Crippen LogP contribution in [0, 0.1) is 17.8 Å². The summed E-state index contributed by atoms with van der Waals surface area (Å²) in [5, 5.41) is 19.5. The third kappa shape index (κ3) is 4.41. The number of aromatic carboxylic acids is 1. The maximum absolute atomic E-state index is 13.0. The summed E-state index contributed by atoms with van der Waals surface area (Å²) in [5.74, 6) is -1.93. The molecule has 1 aromatic carbocycles. The second kappa shape index (κ2) is 9.37. The Morgan fingerprint density at radius 3 is 2.61 bits per heavy atom. The van der Waals surface area contributed by atoms with Gasteiger partial charge in [0, 0.05) is 25.0 Å². The number of ketones is 1. The quantitative estimate of drug-likeness (QED) is 0.408. The molecule has 9 heteroatoms. The molecule has 0 amide bonds. The Hall–Kier alpha value is -3.17. The summed E-state index contributed by atoms with van der Waals surface area (Å²) < 4.78 is 19.1. The second-order valence-electron chi connectivity index (χ2n) is 10.3. The highest BCUT2D eigenvalue weighted by Gasteiger charge is 2.49. The lowest BCUT2D eigenvalue weighted by atomic mass is 9.80. The van der Waals surface area contributed by atoms with E-state index in [1.165, 1.54) is 12.1 Å². The van der Waals surface area contributed by atoms with Gasteiger partial charge in [-0.3, -0.25) is 4.79 Å². The Balaban J connectivity index is 1.35. The molecule has 4 heterocycles. The van der Waals surface area contributed by atoms with Crippen LogP contribution < -0.4 is 0 Å². The van der Waals surface area contributed by atoms with E-state index in [2.05, 4.69) is 23.8 Å². The van der Waals surface area contributed by atoms with E-state index in [0.29, 0.717) is 23.6 Å². The first-order valence-electron chi connectivity index (χ1n) is 12.6. The number of carboxylic acids is 1. The second-order valence-corrected chi connectivity index (χ2v) is 10.3. The van der Waals surface area contributed by atoms with Gasteiger partial charge in [0.1, 0.15) is 16.8 Å². The molecule has 0 bridgehead atoms. The van der Waals surface area contributed by atoms with Crippen LogP contribution in [0.2, 0.25) is 0 Å². The number of H-pyrrole nitrogens is 1. The molecule has 6 atom stereocenters. The first kappa shape index (κ1) is 24.5. The highest BCUT2D eigenvalue weighted by molar-refractivity contribution is 6.03. The summed E-state index contributed by atoms with van der Waals surface area (Å²) in [7, 11) is 0. The molecule has 3 N–H and O–H groups in total. The molecule has 1 unspecified atom stereocenters. The number of hydrogen-bond donors (Lipinski definition) is 3. The standard InChI is InChI=1S/C27H32N2O7/c1-14-8-10-27(11-9-15(2)25(36-27)16(3)24(31)17-5-4-12-28-17)35-20(14)13-21-29-23-19(34-21)7-6-18(30)22(23)26(32)33/h4-7,12,14-16,20,25,28,30H,8-11,13H2,1-3H3,(H,32,33)/t14-,15-,16?,20-,25+,27+/m1/s1. The maximum atomic E-state index is 13.0. The first-order chi connectivity index (χ1) is 17.2. The number of aromatic nitrogens is 2. The van der Waals surface area contributed by atoms with Crippen molar-refractivity contribution in [3.05, 3.63) is 47.6 Å². The minimum atomic E-state index is -1.27. The number of ether oxygens (including phenoxy) is 2. The van der Waals surface area contributed by atoms with Crippen molar-refractivity contribution < 1.29 is 33.7 Å². The SMILES string of the molecule is CC(C(=O)c1ccc[nH]1)[C@H]1O[C@]2(CC[C@H]1C)CC[C@@H](C)[C@@H](Cc1nc3c(C(=O)O)c(O)ccc3o1)O2. The third-order valence-corrected chi connectivity index (χ3v) is 7.82. The number of aromatic hydroxyl groups is 1. The van der Waals surface area contributed by atoms with E-state index in [4.69, 9.17) is 13.9 Å². The van der Waals surface area contributed by atoms with Crippen LogP contribution >= 0.6 is 0 Å². The summed E-state index contributed by atoms with van der Waals surface area (Å²) in [6.07, 6.45) is 4.81. The fraction of sp³-hybridized carbons (Fsp3) is 0.519. The van der Waals surface area contributed by atoms with Crippen LogP contribution in [-0.4, -0.2) is 49.9 Å². The lowest BCUT2D eigenvalue weighted by Crippen LogP contribution is -2.54. The van der Waals surface area contributed by atoms with Crippen LogP contribution in [0.4, 0.5) is 0 Å². The number of fused-ring (bicyclic) bond motifs is 1. The number of oxazole rings is 1. The zero-order valence-electron chi connectivity index (χ0n) is 20.7. The molecule has 1 spiro atoms. The first-order valence-corrected chi connectivity index (χ1v) is 12.6. The minimum Gasteiger partial charge on any atom is -0.507 e. The van der Waals surface area contributed by atoms with Crippen LogP contribution in [-0.2, 0) is 15.9 Å². The van der Waals surface area contributed by atoms with E-state index >= 15 is 0 Å². The molecular formula is C27H32N2O7. The molecule has 2 aromatic heterocycles. The zero-order chi connectivity index (χ0) is 25.6. The molecule has 2 fully saturated rings. The fourth-order valence-electron chi connectivity index (χ4n) is 5.61. The van der Waals surface area contributed by atoms with Gasteiger partial charge in [-0.15, -0.1) is 0 Å². The van der Waals surface area contributed by atoms with Crippen LogP contribution in [0.15, 0.2) is 34.9 Å². The third-order valence-electron chi connectivity index (χ3n) is 7.82. The summed E-state index contributed by atoms with van der Waals surface area (Å²) in [6.45, 7) is 6.14. The van der Waals surface area contributed by atoms with E-state index < -0.39 is 11.8 Å². The van der Waals surface area contributed by atoms with Crippen LogP contribution in [0.5, 0.6) is 5.75 Å². The predicted octanol–water partition coefficient (Wildman–Crippen LogP) is 4.95. The van der Waals surface area contributed by atoms with Gasteiger partial charge in [-0.1, -0.05) is 20.8 Å². The minimum absolute atomic E-state index is 0.0265. The summed E-state index contributed by atoms with van der Waals surface area (Å²) >= 11 is 0. The molecular weight excluding hydrogens is 464 g/mol.